The molecular weight excluding hydrogens is 581 g/mol. The number of anilines is 1. The fraction of sp³-hybridized carbons (Fsp3) is 0.467. The topological polar surface area (TPSA) is 117 Å². The van der Waals surface area contributed by atoms with Crippen LogP contribution in [0.1, 0.15) is 42.9 Å². The second kappa shape index (κ2) is 13.1. The van der Waals surface area contributed by atoms with Gasteiger partial charge in [0, 0.05) is 36.3 Å². The van der Waals surface area contributed by atoms with E-state index in [0.29, 0.717) is 65.9 Å². The number of nitrogens with zero attached hydrogens (tertiary/aromatic N) is 6. The largest absolute Gasteiger partial charge is 0.497 e. The van der Waals surface area contributed by atoms with Crippen LogP contribution in [0.15, 0.2) is 42.7 Å². The highest BCUT2D eigenvalue weighted by Crippen LogP contribution is 2.40. The van der Waals surface area contributed by atoms with E-state index in [1.807, 2.05) is 29.2 Å². The molecule has 14 heteroatoms. The van der Waals surface area contributed by atoms with Gasteiger partial charge < -0.3 is 29.0 Å². The Kier molecular flexibility index (Phi) is 9.28. The Morgan fingerprint density at radius 3 is 2.07 bits per heavy atom. The number of fused-ring (bicyclic) bond motifs is 1. The van der Waals surface area contributed by atoms with Crippen molar-refractivity contribution in [1.29, 1.82) is 0 Å². The standard InChI is InChI=1S/C30H35F3N6O5/c1-41-22-10-8-19(24(13-22)43-3)15-38(16-20-9-11-23(42-2)14-25(20)44-4)28-26-29(35-17-34-28)39(37-36-26)21-7-5-6-18(12-21)27(40)30(31,32)33/h8-11,13-14,17-18,21,27,40H,5-7,12,15-16H2,1-4H3/t18-,21+,27?/m0/s1. The van der Waals surface area contributed by atoms with Crippen molar-refractivity contribution < 1.29 is 37.2 Å². The summed E-state index contributed by atoms with van der Waals surface area (Å²) in [6.07, 6.45) is -4.18. The molecule has 0 saturated heterocycles. The van der Waals surface area contributed by atoms with Gasteiger partial charge in [-0.2, -0.15) is 13.2 Å². The summed E-state index contributed by atoms with van der Waals surface area (Å²) < 4.78 is 63.5. The number of hydrogen-bond donors (Lipinski definition) is 1. The van der Waals surface area contributed by atoms with Gasteiger partial charge in [0.15, 0.2) is 23.1 Å². The molecule has 0 amide bonds. The number of ether oxygens (including phenoxy) is 4. The van der Waals surface area contributed by atoms with E-state index in [1.54, 1.807) is 45.3 Å². The van der Waals surface area contributed by atoms with Crippen molar-refractivity contribution in [2.24, 2.45) is 5.92 Å². The first-order valence-corrected chi connectivity index (χ1v) is 14.1. The van der Waals surface area contributed by atoms with Crippen molar-refractivity contribution in [3.05, 3.63) is 53.9 Å². The highest BCUT2D eigenvalue weighted by atomic mass is 19.4. The molecule has 2 heterocycles. The zero-order chi connectivity index (χ0) is 31.4. The minimum atomic E-state index is -4.68. The van der Waals surface area contributed by atoms with Crippen molar-refractivity contribution in [3.63, 3.8) is 0 Å². The Bertz CT molecular complexity index is 1530. The third kappa shape index (κ3) is 6.44. The molecule has 1 unspecified atom stereocenters. The molecule has 0 radical (unpaired) electrons. The van der Waals surface area contributed by atoms with Crippen molar-refractivity contribution >= 4 is 17.0 Å². The minimum absolute atomic E-state index is 0.105. The summed E-state index contributed by atoms with van der Waals surface area (Å²) in [4.78, 5) is 11.0. The van der Waals surface area contributed by atoms with Gasteiger partial charge in [0.1, 0.15) is 29.3 Å². The molecule has 236 valence electrons. The SMILES string of the molecule is COc1ccc(CN(Cc2ccc(OC)cc2OC)c2ncnc3c2nnn3[C@@H]2CCC[C@H](C(O)C(F)(F)F)C2)c(OC)c1. The lowest BCUT2D eigenvalue weighted by molar-refractivity contribution is -0.223. The molecule has 44 heavy (non-hydrogen) atoms. The van der Waals surface area contributed by atoms with Crippen LogP contribution in [-0.2, 0) is 13.1 Å². The smallest absolute Gasteiger partial charge is 0.414 e. The number of alkyl halides is 3. The Morgan fingerprint density at radius 1 is 0.909 bits per heavy atom. The third-order valence-corrected chi connectivity index (χ3v) is 8.07. The van der Waals surface area contributed by atoms with Crippen LogP contribution in [-0.4, -0.2) is 70.8 Å². The van der Waals surface area contributed by atoms with Crippen LogP contribution >= 0.6 is 0 Å². The predicted molar refractivity (Wildman–Crippen MR) is 155 cm³/mol. The van der Waals surface area contributed by atoms with Crippen LogP contribution in [0.3, 0.4) is 0 Å². The maximum absolute atomic E-state index is 13.3. The first-order valence-electron chi connectivity index (χ1n) is 14.1. The van der Waals surface area contributed by atoms with Gasteiger partial charge in [0.05, 0.1) is 34.5 Å². The highest BCUT2D eigenvalue weighted by Gasteiger charge is 2.45. The molecule has 11 nitrogen and oxygen atoms in total. The van der Waals surface area contributed by atoms with Gasteiger partial charge in [0.25, 0.3) is 0 Å². The fourth-order valence-corrected chi connectivity index (χ4v) is 5.79. The van der Waals surface area contributed by atoms with E-state index >= 15 is 0 Å². The molecule has 0 spiro atoms. The van der Waals surface area contributed by atoms with Crippen LogP contribution < -0.4 is 23.8 Å². The van der Waals surface area contributed by atoms with E-state index in [2.05, 4.69) is 20.3 Å². The summed E-state index contributed by atoms with van der Waals surface area (Å²) in [5.41, 5.74) is 2.48. The molecule has 0 bridgehead atoms. The summed E-state index contributed by atoms with van der Waals surface area (Å²) in [6, 6.07) is 10.7. The molecule has 1 aliphatic rings. The van der Waals surface area contributed by atoms with Crippen LogP contribution in [0.4, 0.5) is 19.0 Å². The molecule has 2 aromatic carbocycles. The van der Waals surface area contributed by atoms with Crippen LogP contribution in [0, 0.1) is 5.92 Å². The molecular formula is C30H35F3N6O5. The minimum Gasteiger partial charge on any atom is -0.497 e. The van der Waals surface area contributed by atoms with Gasteiger partial charge in [-0.15, -0.1) is 5.10 Å². The van der Waals surface area contributed by atoms with E-state index in [-0.39, 0.29) is 12.8 Å². The zero-order valence-corrected chi connectivity index (χ0v) is 24.9. The van der Waals surface area contributed by atoms with Gasteiger partial charge in [-0.05, 0) is 49.4 Å². The van der Waals surface area contributed by atoms with Crippen LogP contribution in [0.25, 0.3) is 11.2 Å². The molecule has 0 aliphatic heterocycles. The Hall–Kier alpha value is -4.33. The molecule has 3 atom stereocenters. The first kappa shape index (κ1) is 31.1. The van der Waals surface area contributed by atoms with Gasteiger partial charge in [0.2, 0.25) is 0 Å². The third-order valence-electron chi connectivity index (χ3n) is 8.07. The van der Waals surface area contributed by atoms with Crippen molar-refractivity contribution in [2.45, 2.75) is 57.1 Å². The average Bonchev–Trinajstić information content (AvgIpc) is 3.48. The zero-order valence-electron chi connectivity index (χ0n) is 24.9. The summed E-state index contributed by atoms with van der Waals surface area (Å²) in [7, 11) is 6.32. The summed E-state index contributed by atoms with van der Waals surface area (Å²) >= 11 is 0. The lowest BCUT2D eigenvalue weighted by atomic mass is 9.82. The second-order valence-electron chi connectivity index (χ2n) is 10.7. The number of benzene rings is 2. The molecule has 1 aliphatic carbocycles. The van der Waals surface area contributed by atoms with Gasteiger partial charge in [-0.1, -0.05) is 11.6 Å². The number of hydrogen-bond acceptors (Lipinski definition) is 10. The van der Waals surface area contributed by atoms with Crippen molar-refractivity contribution in [3.8, 4) is 23.0 Å². The Balaban J connectivity index is 1.54. The number of methoxy groups -OCH3 is 4. The number of aliphatic hydroxyl groups excluding tert-OH is 1. The van der Waals surface area contributed by atoms with E-state index in [1.165, 1.54) is 6.33 Å². The van der Waals surface area contributed by atoms with E-state index in [9.17, 15) is 18.3 Å². The first-order chi connectivity index (χ1) is 21.2. The van der Waals surface area contributed by atoms with E-state index in [4.69, 9.17) is 18.9 Å². The van der Waals surface area contributed by atoms with Gasteiger partial charge >= 0.3 is 6.18 Å². The van der Waals surface area contributed by atoms with Crippen LogP contribution in [0.2, 0.25) is 0 Å². The lowest BCUT2D eigenvalue weighted by Crippen LogP contribution is -2.38. The van der Waals surface area contributed by atoms with E-state index in [0.717, 1.165) is 11.1 Å². The normalized spacial score (nSPS) is 17.7. The number of halogens is 3. The quantitative estimate of drug-likeness (QED) is 0.244. The average molecular weight is 617 g/mol. The summed E-state index contributed by atoms with van der Waals surface area (Å²) in [5.74, 6) is 2.05. The summed E-state index contributed by atoms with van der Waals surface area (Å²) in [5, 5.41) is 18.7. The van der Waals surface area contributed by atoms with Crippen molar-refractivity contribution in [1.82, 2.24) is 25.0 Å². The van der Waals surface area contributed by atoms with Gasteiger partial charge in [-0.3, -0.25) is 0 Å². The molecule has 1 saturated carbocycles. The molecule has 5 rings (SSSR count). The van der Waals surface area contributed by atoms with Crippen molar-refractivity contribution in [2.75, 3.05) is 33.3 Å². The molecule has 1 N–H and O–H groups in total. The Morgan fingerprint density at radius 2 is 1.52 bits per heavy atom. The number of rotatable bonds is 11. The number of aromatic nitrogens is 5. The maximum atomic E-state index is 13.3. The van der Waals surface area contributed by atoms with E-state index < -0.39 is 24.2 Å². The fourth-order valence-electron chi connectivity index (χ4n) is 5.79. The Labute approximate surface area is 252 Å². The molecule has 1 fully saturated rings. The predicted octanol–water partition coefficient (Wildman–Crippen LogP) is 5.12. The maximum Gasteiger partial charge on any atom is 0.414 e. The molecule has 2 aromatic heterocycles. The number of aliphatic hydroxyl groups is 1. The summed E-state index contributed by atoms with van der Waals surface area (Å²) in [6.45, 7) is 0.676. The monoisotopic (exact) mass is 616 g/mol. The highest BCUT2D eigenvalue weighted by molar-refractivity contribution is 5.82. The second-order valence-corrected chi connectivity index (χ2v) is 10.7. The molecule has 4 aromatic rings. The van der Waals surface area contributed by atoms with Crippen LogP contribution in [0.5, 0.6) is 23.0 Å². The lowest BCUT2D eigenvalue weighted by Gasteiger charge is -2.32. The van der Waals surface area contributed by atoms with Gasteiger partial charge in [-0.25, -0.2) is 14.6 Å².